The molecule has 6 aromatic carbocycles. The van der Waals surface area contributed by atoms with Crippen molar-refractivity contribution < 1.29 is 15.6 Å². The summed E-state index contributed by atoms with van der Waals surface area (Å²) >= 11 is -5.37. The Morgan fingerprint density at radius 2 is 1.19 bits per heavy atom. The number of fused-ring (bicyclic) bond motifs is 4. The molecule has 0 N–H and O–H groups in total. The van der Waals surface area contributed by atoms with Crippen molar-refractivity contribution in [3.63, 3.8) is 0 Å². The molecule has 0 fully saturated rings. The molecule has 0 amide bonds. The molecule has 0 radical (unpaired) electrons. The van der Waals surface area contributed by atoms with Gasteiger partial charge in [-0.1, -0.05) is 0 Å². The topological polar surface area (TPSA) is 0 Å². The van der Waals surface area contributed by atoms with Crippen LogP contribution in [0.15, 0.2) is 157 Å². The van der Waals surface area contributed by atoms with Crippen LogP contribution in [0, 0.1) is 0 Å². The fourth-order valence-corrected chi connectivity index (χ4v) is 54.7. The molecule has 0 spiro atoms. The van der Waals surface area contributed by atoms with E-state index in [0.717, 1.165) is 19.3 Å². The van der Waals surface area contributed by atoms with Crippen molar-refractivity contribution in [2.45, 2.75) is 29.8 Å². The number of rotatable bonds is 8. The van der Waals surface area contributed by atoms with Gasteiger partial charge >= 0.3 is 290 Å². The molecule has 2 aliphatic rings. The van der Waals surface area contributed by atoms with Crippen LogP contribution in [-0.4, -0.2) is 5.92 Å². The summed E-state index contributed by atoms with van der Waals surface area (Å²) in [5.74, 6) is -2.32. The monoisotopic (exact) mass is 741 g/mol. The molecule has 231 valence electrons. The predicted molar refractivity (Wildman–Crippen MR) is 203 cm³/mol. The van der Waals surface area contributed by atoms with Crippen molar-refractivity contribution in [2.24, 2.45) is 0 Å². The first-order valence-corrected chi connectivity index (χ1v) is 31.7. The van der Waals surface area contributed by atoms with Crippen LogP contribution in [0.1, 0.15) is 45.6 Å². The van der Waals surface area contributed by atoms with E-state index in [2.05, 4.69) is 165 Å². The minimum absolute atomic E-state index is 0.0364. The molecular weight excluding hydrogens is 707 g/mol. The van der Waals surface area contributed by atoms with E-state index in [9.17, 15) is 0 Å². The van der Waals surface area contributed by atoms with Crippen LogP contribution < -0.4 is 13.6 Å². The molecule has 0 saturated heterocycles. The molecule has 0 heterocycles. The second-order valence-corrected chi connectivity index (χ2v) is 50.2. The zero-order valence-corrected chi connectivity index (χ0v) is 31.7. The quantitative estimate of drug-likeness (QED) is 0.136. The van der Waals surface area contributed by atoms with E-state index in [1.54, 1.807) is 0 Å². The molecule has 4 heteroatoms. The number of allylic oxidation sites excluding steroid dienone is 1. The van der Waals surface area contributed by atoms with Gasteiger partial charge in [0, 0.05) is 0 Å². The Labute approximate surface area is 287 Å². The fraction of sp³-hybridized carbons (Fsp3) is 0.116. The Bertz CT molecular complexity index is 2080. The fourth-order valence-electron chi connectivity index (χ4n) is 8.64. The molecule has 1 atom stereocenters. The Kier molecular flexibility index (Phi) is 8.14. The third kappa shape index (κ3) is 5.03. The maximum atomic E-state index is 9.04. The molecular formula is C43H37Cl2SiZr. The summed E-state index contributed by atoms with van der Waals surface area (Å²) in [5, 5.41) is 2.65. The van der Waals surface area contributed by atoms with E-state index in [1.807, 2.05) is 0 Å². The van der Waals surface area contributed by atoms with E-state index >= 15 is 0 Å². The van der Waals surface area contributed by atoms with Crippen LogP contribution in [-0.2, 0) is 22.0 Å². The van der Waals surface area contributed by atoms with Gasteiger partial charge in [-0.15, -0.1) is 0 Å². The van der Waals surface area contributed by atoms with Crippen molar-refractivity contribution in [2.75, 3.05) is 0 Å². The van der Waals surface area contributed by atoms with Gasteiger partial charge in [0.15, 0.2) is 0 Å². The van der Waals surface area contributed by atoms with Crippen molar-refractivity contribution in [1.82, 2.24) is 0 Å². The molecule has 0 nitrogen and oxygen atoms in total. The average molecular weight is 744 g/mol. The van der Waals surface area contributed by atoms with Crippen LogP contribution in [0.3, 0.4) is 0 Å². The summed E-state index contributed by atoms with van der Waals surface area (Å²) in [5.41, 5.74) is 11.8. The zero-order valence-electron chi connectivity index (χ0n) is 26.5. The van der Waals surface area contributed by atoms with Crippen LogP contribution in [0.4, 0.5) is 0 Å². The SMILES string of the molecule is CCCC1=Cc2c(-c3ccccc3)cccc2[CH]1[Zr]([Cl])([Cl])([c]1cccc2c1Cc1ccccc1-2)[SiH](c1ccccc1)c1ccccc1. The minimum atomic E-state index is -5.37. The average Bonchev–Trinajstić information content (AvgIpc) is 3.69. The van der Waals surface area contributed by atoms with E-state index in [1.165, 1.54) is 63.7 Å². The summed E-state index contributed by atoms with van der Waals surface area (Å²) in [7, 11) is 18.1. The molecule has 0 aromatic heterocycles. The van der Waals surface area contributed by atoms with Crippen LogP contribution >= 0.6 is 17.0 Å². The summed E-state index contributed by atoms with van der Waals surface area (Å²) in [6.45, 7) is 2.28. The van der Waals surface area contributed by atoms with Crippen molar-refractivity contribution in [3.8, 4) is 22.3 Å². The Hall–Kier alpha value is -3.26. The number of hydrogen-bond acceptors (Lipinski definition) is 0. The summed E-state index contributed by atoms with van der Waals surface area (Å²) in [6.07, 6.45) is 5.35. The van der Waals surface area contributed by atoms with Gasteiger partial charge in [0.25, 0.3) is 0 Å². The number of hydrogen-bond donors (Lipinski definition) is 0. The Balaban J connectivity index is 1.48. The molecule has 8 rings (SSSR count). The van der Waals surface area contributed by atoms with Crippen LogP contribution in [0.2, 0.25) is 0 Å². The van der Waals surface area contributed by atoms with E-state index in [4.69, 9.17) is 17.0 Å². The van der Waals surface area contributed by atoms with Gasteiger partial charge in [0.2, 0.25) is 0 Å². The first-order valence-electron chi connectivity index (χ1n) is 16.8. The Morgan fingerprint density at radius 1 is 0.617 bits per heavy atom. The summed E-state index contributed by atoms with van der Waals surface area (Å²) < 4.78 is 1.23. The summed E-state index contributed by atoms with van der Waals surface area (Å²) in [4.78, 5) is 0. The number of halogens is 2. The van der Waals surface area contributed by atoms with E-state index in [-0.39, 0.29) is 3.63 Å². The van der Waals surface area contributed by atoms with Crippen molar-refractivity contribution >= 4 is 42.7 Å². The van der Waals surface area contributed by atoms with Gasteiger partial charge in [-0.25, -0.2) is 0 Å². The van der Waals surface area contributed by atoms with Gasteiger partial charge in [-0.2, -0.15) is 0 Å². The first kappa shape index (κ1) is 31.0. The predicted octanol–water partition coefficient (Wildman–Crippen LogP) is 10.0. The third-order valence-electron chi connectivity index (χ3n) is 10.5. The number of benzene rings is 6. The van der Waals surface area contributed by atoms with Gasteiger partial charge in [-0.3, -0.25) is 0 Å². The zero-order chi connectivity index (χ0) is 32.0. The van der Waals surface area contributed by atoms with Crippen molar-refractivity contribution in [3.05, 3.63) is 179 Å². The third-order valence-corrected chi connectivity index (χ3v) is 50.9. The molecule has 2 aliphatic carbocycles. The second kappa shape index (κ2) is 12.3. The van der Waals surface area contributed by atoms with Crippen LogP contribution in [0.5, 0.6) is 0 Å². The van der Waals surface area contributed by atoms with Crippen molar-refractivity contribution in [1.29, 1.82) is 0 Å². The molecule has 6 aromatic rings. The second-order valence-electron chi connectivity index (χ2n) is 13.1. The molecule has 1 unspecified atom stereocenters. The molecule has 0 bridgehead atoms. The van der Waals surface area contributed by atoms with Gasteiger partial charge < -0.3 is 0 Å². The van der Waals surface area contributed by atoms with Gasteiger partial charge in [-0.05, 0) is 0 Å². The first-order chi connectivity index (χ1) is 23.0. The maximum absolute atomic E-state index is 9.04. The van der Waals surface area contributed by atoms with Crippen LogP contribution in [0.25, 0.3) is 28.3 Å². The normalized spacial score (nSPS) is 15.8. The van der Waals surface area contributed by atoms with E-state index in [0.29, 0.717) is 0 Å². The standard InChI is InChI=1S/C18H17.C13H9.C12H11Si.2ClH.Zr/c1-2-7-14-12-16-10-6-11-17(18(16)13-14)15-8-4-3-5-9-15;1-3-7-12-10(5-1)9-11-6-2-4-8-13(11)12;1-3-7-11(8-4-1)13-12-9-5-2-6-10-12;;;/h3-6,8-13H,2,7H2,1H3;1-5,7-8H,9H2;1-10,13H;2*1H;/q;;;;;+2/p-2. The summed E-state index contributed by atoms with van der Waals surface area (Å²) in [6, 6.07) is 55.5. The molecule has 0 aliphatic heterocycles. The van der Waals surface area contributed by atoms with Gasteiger partial charge in [0.1, 0.15) is 0 Å². The molecule has 47 heavy (non-hydrogen) atoms. The molecule has 0 saturated carbocycles. The van der Waals surface area contributed by atoms with E-state index < -0.39 is 21.5 Å². The van der Waals surface area contributed by atoms with Gasteiger partial charge in [0.05, 0.1) is 0 Å². The Morgan fingerprint density at radius 3 is 1.87 bits per heavy atom.